The third-order valence-electron chi connectivity index (χ3n) is 4.35. The number of phenolic OH excluding ortho intramolecular Hbond substituents is 1. The van der Waals surface area contributed by atoms with E-state index in [1.165, 1.54) is 7.11 Å². The molecule has 2 aliphatic rings. The van der Waals surface area contributed by atoms with Crippen molar-refractivity contribution in [3.8, 4) is 11.5 Å². The van der Waals surface area contributed by atoms with Gasteiger partial charge < -0.3 is 20.5 Å². The number of halogens is 1. The molecule has 1 aliphatic heterocycles. The number of benzene rings is 1. The van der Waals surface area contributed by atoms with Gasteiger partial charge >= 0.3 is 6.03 Å². The Balaban J connectivity index is 2.12. The van der Waals surface area contributed by atoms with Crippen LogP contribution in [-0.4, -0.2) is 24.0 Å². The number of Topliss-reactive ketones (excluding diaryl/α,β-unsaturated/α-hetero) is 1. The fraction of sp³-hybridized carbons (Fsp3) is 0.412. The second-order valence-electron chi connectivity index (χ2n) is 6.92. The molecule has 1 aromatic rings. The Hall–Kier alpha value is -1.77. The van der Waals surface area contributed by atoms with E-state index >= 15 is 0 Å². The highest BCUT2D eigenvalue weighted by atomic mass is 127. The van der Waals surface area contributed by atoms with Gasteiger partial charge in [0.05, 0.1) is 16.7 Å². The van der Waals surface area contributed by atoms with Crippen molar-refractivity contribution in [2.75, 3.05) is 7.11 Å². The first-order valence-corrected chi connectivity index (χ1v) is 8.70. The van der Waals surface area contributed by atoms with Gasteiger partial charge in [0.2, 0.25) is 0 Å². The van der Waals surface area contributed by atoms with E-state index in [1.807, 2.05) is 36.4 Å². The van der Waals surface area contributed by atoms with Crippen molar-refractivity contribution in [1.29, 1.82) is 0 Å². The van der Waals surface area contributed by atoms with Crippen LogP contribution < -0.4 is 15.4 Å². The molecule has 1 atom stereocenters. The zero-order chi connectivity index (χ0) is 17.6. The standard InChI is InChI=1S/C17H19IN2O4/c1-17(2)6-10-13(11(21)7-17)14(20-16(23)19-10)8-4-9(18)15(22)12(5-8)24-3/h4-5,14,22H,6-7H2,1-3H3,(H2,19,20,23). The maximum absolute atomic E-state index is 12.7. The number of amides is 2. The quantitative estimate of drug-likeness (QED) is 0.615. The Morgan fingerprint density at radius 1 is 1.29 bits per heavy atom. The number of ketones is 1. The second kappa shape index (κ2) is 5.94. The smallest absolute Gasteiger partial charge is 0.319 e. The van der Waals surface area contributed by atoms with Crippen LogP contribution in [0.3, 0.4) is 0 Å². The molecule has 0 aromatic heterocycles. The maximum Gasteiger partial charge on any atom is 0.319 e. The molecule has 3 rings (SSSR count). The normalized spacial score (nSPS) is 22.6. The van der Waals surface area contributed by atoms with E-state index in [1.54, 1.807) is 12.1 Å². The molecule has 7 heteroatoms. The van der Waals surface area contributed by atoms with E-state index in [0.717, 1.165) is 0 Å². The van der Waals surface area contributed by atoms with Gasteiger partial charge in [0.15, 0.2) is 17.3 Å². The predicted octanol–water partition coefficient (Wildman–Crippen LogP) is 3.00. The minimum Gasteiger partial charge on any atom is -0.504 e. The molecule has 1 aromatic carbocycles. The summed E-state index contributed by atoms with van der Waals surface area (Å²) in [6.45, 7) is 4.04. The number of hydrogen-bond acceptors (Lipinski definition) is 4. The molecule has 1 heterocycles. The van der Waals surface area contributed by atoms with Gasteiger partial charge in [-0.05, 0) is 52.1 Å². The summed E-state index contributed by atoms with van der Waals surface area (Å²) >= 11 is 2.00. The van der Waals surface area contributed by atoms with E-state index < -0.39 is 6.04 Å². The van der Waals surface area contributed by atoms with Crippen LogP contribution in [0.25, 0.3) is 0 Å². The first kappa shape index (κ1) is 17.1. The Morgan fingerprint density at radius 3 is 2.67 bits per heavy atom. The zero-order valence-electron chi connectivity index (χ0n) is 13.7. The first-order valence-electron chi connectivity index (χ1n) is 7.62. The molecular formula is C17H19IN2O4. The molecule has 3 N–H and O–H groups in total. The van der Waals surface area contributed by atoms with Crippen LogP contribution in [-0.2, 0) is 4.79 Å². The number of aromatic hydroxyl groups is 1. The van der Waals surface area contributed by atoms with Gasteiger partial charge in [-0.2, -0.15) is 0 Å². The molecule has 0 spiro atoms. The number of hydrogen-bond donors (Lipinski definition) is 3. The van der Waals surface area contributed by atoms with Crippen LogP contribution in [0, 0.1) is 8.99 Å². The van der Waals surface area contributed by atoms with Crippen LogP contribution in [0.1, 0.15) is 38.3 Å². The lowest BCUT2D eigenvalue weighted by Gasteiger charge is -2.38. The third-order valence-corrected chi connectivity index (χ3v) is 5.17. The Labute approximate surface area is 153 Å². The summed E-state index contributed by atoms with van der Waals surface area (Å²) in [6, 6.07) is 2.55. The van der Waals surface area contributed by atoms with Gasteiger partial charge in [0.25, 0.3) is 0 Å². The fourth-order valence-corrected chi connectivity index (χ4v) is 3.95. The summed E-state index contributed by atoms with van der Waals surface area (Å²) in [6.07, 6.45) is 1.08. The van der Waals surface area contributed by atoms with Gasteiger partial charge in [-0.1, -0.05) is 13.8 Å². The van der Waals surface area contributed by atoms with Gasteiger partial charge in [0.1, 0.15) is 0 Å². The molecular weight excluding hydrogens is 423 g/mol. The maximum atomic E-state index is 12.7. The summed E-state index contributed by atoms with van der Waals surface area (Å²) in [5.74, 6) is 0.392. The average molecular weight is 442 g/mol. The molecule has 0 radical (unpaired) electrons. The Morgan fingerprint density at radius 2 is 2.00 bits per heavy atom. The number of carbonyl (C=O) groups is 2. The first-order chi connectivity index (χ1) is 11.2. The molecule has 1 aliphatic carbocycles. The van der Waals surface area contributed by atoms with Crippen LogP contribution in [0.2, 0.25) is 0 Å². The van der Waals surface area contributed by atoms with Gasteiger partial charge in [-0.25, -0.2) is 4.79 Å². The highest BCUT2D eigenvalue weighted by Crippen LogP contribution is 2.43. The topological polar surface area (TPSA) is 87.7 Å². The molecule has 2 amide bonds. The molecule has 0 saturated heterocycles. The van der Waals surface area contributed by atoms with E-state index in [4.69, 9.17) is 4.74 Å². The molecule has 1 unspecified atom stereocenters. The number of urea groups is 1. The highest BCUT2D eigenvalue weighted by molar-refractivity contribution is 14.1. The number of nitrogens with one attached hydrogen (secondary N) is 2. The van der Waals surface area contributed by atoms with Gasteiger partial charge in [0, 0.05) is 17.7 Å². The average Bonchev–Trinajstić information content (AvgIpc) is 2.47. The molecule has 0 bridgehead atoms. The van der Waals surface area contributed by atoms with Crippen molar-refractivity contribution < 1.29 is 19.4 Å². The van der Waals surface area contributed by atoms with Crippen LogP contribution in [0.4, 0.5) is 4.79 Å². The third kappa shape index (κ3) is 2.97. The minimum absolute atomic E-state index is 0.0285. The minimum atomic E-state index is -0.541. The lowest BCUT2D eigenvalue weighted by atomic mass is 9.73. The lowest BCUT2D eigenvalue weighted by Crippen LogP contribution is -2.48. The number of phenols is 1. The number of carbonyl (C=O) groups excluding carboxylic acids is 2. The number of rotatable bonds is 2. The van der Waals surface area contributed by atoms with E-state index in [9.17, 15) is 14.7 Å². The largest absolute Gasteiger partial charge is 0.504 e. The van der Waals surface area contributed by atoms with E-state index in [2.05, 4.69) is 10.6 Å². The van der Waals surface area contributed by atoms with Crippen molar-refractivity contribution in [2.45, 2.75) is 32.7 Å². The number of allylic oxidation sites excluding steroid dienone is 1. The SMILES string of the molecule is COc1cc(C2NC(=O)NC3=C2C(=O)CC(C)(C)C3)cc(I)c1O. The van der Waals surface area contributed by atoms with Crippen molar-refractivity contribution >= 4 is 34.4 Å². The Bertz CT molecular complexity index is 770. The molecule has 6 nitrogen and oxygen atoms in total. The van der Waals surface area contributed by atoms with Crippen LogP contribution in [0.15, 0.2) is 23.4 Å². The summed E-state index contributed by atoms with van der Waals surface area (Å²) in [5, 5.41) is 15.6. The number of methoxy groups -OCH3 is 1. The summed E-state index contributed by atoms with van der Waals surface area (Å²) in [7, 11) is 1.47. The summed E-state index contributed by atoms with van der Waals surface area (Å²) < 4.78 is 5.79. The fourth-order valence-electron chi connectivity index (χ4n) is 3.32. The van der Waals surface area contributed by atoms with Crippen molar-refractivity contribution in [2.24, 2.45) is 5.41 Å². The summed E-state index contributed by atoms with van der Waals surface area (Å²) in [5.41, 5.74) is 1.82. The highest BCUT2D eigenvalue weighted by Gasteiger charge is 2.40. The predicted molar refractivity (Wildman–Crippen MR) is 96.8 cm³/mol. The summed E-state index contributed by atoms with van der Waals surface area (Å²) in [4.78, 5) is 24.8. The van der Waals surface area contributed by atoms with Crippen molar-refractivity contribution in [3.63, 3.8) is 0 Å². The van der Waals surface area contributed by atoms with Crippen LogP contribution >= 0.6 is 22.6 Å². The molecule has 128 valence electrons. The van der Waals surface area contributed by atoms with Crippen molar-refractivity contribution in [1.82, 2.24) is 10.6 Å². The lowest BCUT2D eigenvalue weighted by molar-refractivity contribution is -0.118. The Kier molecular flexibility index (Phi) is 4.23. The molecule has 0 saturated carbocycles. The van der Waals surface area contributed by atoms with Crippen LogP contribution in [0.5, 0.6) is 11.5 Å². The number of ether oxygens (including phenoxy) is 1. The van der Waals surface area contributed by atoms with E-state index in [-0.39, 0.29) is 23.0 Å². The monoisotopic (exact) mass is 442 g/mol. The molecule has 24 heavy (non-hydrogen) atoms. The van der Waals surface area contributed by atoms with Gasteiger partial charge in [-0.15, -0.1) is 0 Å². The van der Waals surface area contributed by atoms with E-state index in [0.29, 0.717) is 39.0 Å². The molecule has 0 fully saturated rings. The van der Waals surface area contributed by atoms with Gasteiger partial charge in [-0.3, -0.25) is 4.79 Å². The zero-order valence-corrected chi connectivity index (χ0v) is 15.9. The second-order valence-corrected chi connectivity index (χ2v) is 8.08. The van der Waals surface area contributed by atoms with Crippen molar-refractivity contribution in [3.05, 3.63) is 32.5 Å².